The summed E-state index contributed by atoms with van der Waals surface area (Å²) in [4.78, 5) is 38.0. The fraction of sp³-hybridized carbons (Fsp3) is 0.286. The quantitative estimate of drug-likeness (QED) is 0.721. The molecule has 8 heteroatoms. The van der Waals surface area contributed by atoms with Gasteiger partial charge >= 0.3 is 5.97 Å². The summed E-state index contributed by atoms with van der Waals surface area (Å²) in [5, 5.41) is 2.67. The molecule has 29 heavy (non-hydrogen) atoms. The molecular formula is C21H22N2O6. The summed E-state index contributed by atoms with van der Waals surface area (Å²) in [6, 6.07) is 11.7. The van der Waals surface area contributed by atoms with Crippen LogP contribution in [0, 0.1) is 0 Å². The average molecular weight is 398 g/mol. The first-order valence-electron chi connectivity index (χ1n) is 9.11. The lowest BCUT2D eigenvalue weighted by molar-refractivity contribution is -0.119. The second-order valence-corrected chi connectivity index (χ2v) is 6.39. The van der Waals surface area contributed by atoms with Gasteiger partial charge in [-0.3, -0.25) is 9.59 Å². The molecule has 0 aromatic heterocycles. The highest BCUT2D eigenvalue weighted by Gasteiger charge is 2.22. The number of hydrogen-bond acceptors (Lipinski definition) is 6. The zero-order chi connectivity index (χ0) is 20.8. The second-order valence-electron chi connectivity index (χ2n) is 6.39. The lowest BCUT2D eigenvalue weighted by atomic mass is 10.2. The maximum absolute atomic E-state index is 12.3. The van der Waals surface area contributed by atoms with Crippen molar-refractivity contribution < 1.29 is 28.6 Å². The van der Waals surface area contributed by atoms with E-state index in [2.05, 4.69) is 5.32 Å². The van der Waals surface area contributed by atoms with Crippen molar-refractivity contribution in [3.05, 3.63) is 48.0 Å². The largest absolute Gasteiger partial charge is 0.497 e. The molecule has 1 N–H and O–H groups in total. The maximum atomic E-state index is 12.3. The van der Waals surface area contributed by atoms with Crippen LogP contribution in [0.15, 0.2) is 42.5 Å². The van der Waals surface area contributed by atoms with Crippen molar-refractivity contribution in [1.29, 1.82) is 0 Å². The molecule has 2 aromatic rings. The fourth-order valence-electron chi connectivity index (χ4n) is 3.05. The van der Waals surface area contributed by atoms with Gasteiger partial charge in [0.2, 0.25) is 5.91 Å². The fourth-order valence-corrected chi connectivity index (χ4v) is 3.05. The Kier molecular flexibility index (Phi) is 6.33. The van der Waals surface area contributed by atoms with Crippen LogP contribution in [0.1, 0.15) is 23.2 Å². The van der Waals surface area contributed by atoms with E-state index in [1.54, 1.807) is 35.2 Å². The standard InChI is InChI=1S/C21H22N2O6/c1-27-16-8-9-17(18(12-16)28-2)21(26)29-13-19(24)22-14-5-3-6-15(11-14)23-10-4-7-20(23)25/h3,5-6,8-9,11-12H,4,7,10,13H2,1-2H3,(H,22,24). The number of nitrogens with one attached hydrogen (secondary N) is 1. The topological polar surface area (TPSA) is 94.2 Å². The molecule has 0 aliphatic carbocycles. The van der Waals surface area contributed by atoms with Gasteiger partial charge in [-0.1, -0.05) is 6.07 Å². The van der Waals surface area contributed by atoms with E-state index in [1.807, 2.05) is 6.07 Å². The lowest BCUT2D eigenvalue weighted by Crippen LogP contribution is -2.24. The van der Waals surface area contributed by atoms with Gasteiger partial charge in [0.25, 0.3) is 5.91 Å². The molecule has 2 amide bonds. The minimum atomic E-state index is -0.684. The summed E-state index contributed by atoms with van der Waals surface area (Å²) in [6.45, 7) is 0.207. The molecule has 0 atom stereocenters. The Balaban J connectivity index is 1.59. The number of rotatable bonds is 7. The number of ether oxygens (including phenoxy) is 3. The first-order chi connectivity index (χ1) is 14.0. The minimum absolute atomic E-state index is 0.0656. The third kappa shape index (κ3) is 4.84. The van der Waals surface area contributed by atoms with E-state index in [1.165, 1.54) is 20.3 Å². The van der Waals surface area contributed by atoms with Crippen molar-refractivity contribution in [3.8, 4) is 11.5 Å². The summed E-state index contributed by atoms with van der Waals surface area (Å²) >= 11 is 0. The molecule has 8 nitrogen and oxygen atoms in total. The number of benzene rings is 2. The van der Waals surface area contributed by atoms with Gasteiger partial charge < -0.3 is 24.4 Å². The summed E-state index contributed by atoms with van der Waals surface area (Å²) in [5.74, 6) is -0.284. The number of carbonyl (C=O) groups excluding carboxylic acids is 3. The van der Waals surface area contributed by atoms with Gasteiger partial charge in [0.15, 0.2) is 6.61 Å². The highest BCUT2D eigenvalue weighted by molar-refractivity contribution is 5.98. The molecular weight excluding hydrogens is 376 g/mol. The van der Waals surface area contributed by atoms with Crippen LogP contribution in [-0.2, 0) is 14.3 Å². The van der Waals surface area contributed by atoms with Crippen LogP contribution in [0.5, 0.6) is 11.5 Å². The van der Waals surface area contributed by atoms with Gasteiger partial charge in [0, 0.05) is 30.4 Å². The molecule has 0 bridgehead atoms. The Labute approximate surface area is 168 Å². The monoisotopic (exact) mass is 398 g/mol. The Bertz CT molecular complexity index is 927. The van der Waals surface area contributed by atoms with Crippen molar-refractivity contribution in [2.75, 3.05) is 37.6 Å². The van der Waals surface area contributed by atoms with Gasteiger partial charge in [-0.05, 0) is 36.8 Å². The van der Waals surface area contributed by atoms with E-state index in [0.717, 1.165) is 12.1 Å². The summed E-state index contributed by atoms with van der Waals surface area (Å²) < 4.78 is 15.3. The number of nitrogens with zero attached hydrogens (tertiary/aromatic N) is 1. The maximum Gasteiger partial charge on any atom is 0.342 e. The third-order valence-electron chi connectivity index (χ3n) is 4.48. The van der Waals surface area contributed by atoms with E-state index in [9.17, 15) is 14.4 Å². The molecule has 2 aromatic carbocycles. The number of carbonyl (C=O) groups is 3. The summed E-state index contributed by atoms with van der Waals surface area (Å²) in [5.41, 5.74) is 1.44. The van der Waals surface area contributed by atoms with Gasteiger partial charge in [0.05, 0.1) is 14.2 Å². The van der Waals surface area contributed by atoms with Crippen LogP contribution in [0.4, 0.5) is 11.4 Å². The first kappa shape index (κ1) is 20.2. The molecule has 1 aliphatic rings. The Morgan fingerprint density at radius 1 is 1.10 bits per heavy atom. The van der Waals surface area contributed by atoms with Crippen molar-refractivity contribution in [2.45, 2.75) is 12.8 Å². The smallest absolute Gasteiger partial charge is 0.342 e. The molecule has 0 saturated carbocycles. The predicted molar refractivity (Wildman–Crippen MR) is 106 cm³/mol. The molecule has 3 rings (SSSR count). The second kappa shape index (κ2) is 9.09. The zero-order valence-electron chi connectivity index (χ0n) is 16.3. The van der Waals surface area contributed by atoms with Crippen LogP contribution < -0.4 is 19.7 Å². The van der Waals surface area contributed by atoms with Gasteiger partial charge in [-0.2, -0.15) is 0 Å². The Hall–Kier alpha value is -3.55. The lowest BCUT2D eigenvalue weighted by Gasteiger charge is -2.16. The van der Waals surface area contributed by atoms with Gasteiger partial charge in [-0.25, -0.2) is 4.79 Å². The van der Waals surface area contributed by atoms with Crippen molar-refractivity contribution >= 4 is 29.2 Å². The first-order valence-corrected chi connectivity index (χ1v) is 9.11. The third-order valence-corrected chi connectivity index (χ3v) is 4.48. The number of esters is 1. The van der Waals surface area contributed by atoms with Crippen molar-refractivity contribution in [2.24, 2.45) is 0 Å². The van der Waals surface area contributed by atoms with Crippen molar-refractivity contribution in [1.82, 2.24) is 0 Å². The van der Waals surface area contributed by atoms with Gasteiger partial charge in [0.1, 0.15) is 17.1 Å². The predicted octanol–water partition coefficient (Wildman–Crippen LogP) is 2.63. The molecule has 1 heterocycles. The van der Waals surface area contributed by atoms with E-state index < -0.39 is 18.5 Å². The number of amides is 2. The SMILES string of the molecule is COc1ccc(C(=O)OCC(=O)Nc2cccc(N3CCCC3=O)c2)c(OC)c1. The molecule has 0 unspecified atom stereocenters. The Morgan fingerprint density at radius 2 is 1.93 bits per heavy atom. The van der Waals surface area contributed by atoms with Crippen LogP contribution in [-0.4, -0.2) is 45.2 Å². The van der Waals surface area contributed by atoms with Crippen LogP contribution in [0.25, 0.3) is 0 Å². The van der Waals surface area contributed by atoms with E-state index >= 15 is 0 Å². The molecule has 1 fully saturated rings. The molecule has 152 valence electrons. The Morgan fingerprint density at radius 3 is 2.62 bits per heavy atom. The summed E-state index contributed by atoms with van der Waals surface area (Å²) in [7, 11) is 2.93. The molecule has 1 saturated heterocycles. The van der Waals surface area contributed by atoms with Gasteiger partial charge in [-0.15, -0.1) is 0 Å². The van der Waals surface area contributed by atoms with Crippen LogP contribution >= 0.6 is 0 Å². The zero-order valence-corrected chi connectivity index (χ0v) is 16.3. The highest BCUT2D eigenvalue weighted by atomic mass is 16.5. The molecule has 1 aliphatic heterocycles. The average Bonchev–Trinajstić information content (AvgIpc) is 3.17. The minimum Gasteiger partial charge on any atom is -0.497 e. The van der Waals surface area contributed by atoms with Crippen LogP contribution in [0.2, 0.25) is 0 Å². The van der Waals surface area contributed by atoms with E-state index in [4.69, 9.17) is 14.2 Å². The number of anilines is 2. The summed E-state index contributed by atoms with van der Waals surface area (Å²) in [6.07, 6.45) is 1.35. The normalized spacial score (nSPS) is 13.2. The molecule has 0 spiro atoms. The van der Waals surface area contributed by atoms with E-state index in [0.29, 0.717) is 24.4 Å². The van der Waals surface area contributed by atoms with Crippen LogP contribution in [0.3, 0.4) is 0 Å². The van der Waals surface area contributed by atoms with Crippen molar-refractivity contribution in [3.63, 3.8) is 0 Å². The number of hydrogen-bond donors (Lipinski definition) is 1. The molecule has 0 radical (unpaired) electrons. The van der Waals surface area contributed by atoms with E-state index in [-0.39, 0.29) is 17.2 Å². The number of methoxy groups -OCH3 is 2. The highest BCUT2D eigenvalue weighted by Crippen LogP contribution is 2.26.